The van der Waals surface area contributed by atoms with Crippen LogP contribution < -0.4 is 5.32 Å². The maximum atomic E-state index is 9.04. The first kappa shape index (κ1) is 9.28. The van der Waals surface area contributed by atoms with Crippen LogP contribution in [0.4, 0.5) is 0 Å². The summed E-state index contributed by atoms with van der Waals surface area (Å²) in [7, 11) is 0. The lowest BCUT2D eigenvalue weighted by atomic mass is 9.85. The highest BCUT2D eigenvalue weighted by atomic mass is 15.0. The van der Waals surface area contributed by atoms with E-state index in [0.29, 0.717) is 6.54 Å². The third kappa shape index (κ3) is 1.37. The first-order valence-electron chi connectivity index (χ1n) is 4.35. The van der Waals surface area contributed by atoms with Crippen molar-refractivity contribution in [1.29, 1.82) is 5.26 Å². The van der Waals surface area contributed by atoms with Gasteiger partial charge in [0, 0.05) is 6.54 Å². The third-order valence-electron chi connectivity index (χ3n) is 3.03. The maximum absolute atomic E-state index is 9.04. The molecule has 0 saturated heterocycles. The number of nitrogens with zero attached hydrogens (tertiary/aromatic N) is 1. The summed E-state index contributed by atoms with van der Waals surface area (Å²) in [5.74, 6) is 0. The molecule has 1 saturated carbocycles. The number of hydrogen-bond acceptors (Lipinski definition) is 2. The molecule has 1 aliphatic carbocycles. The molecular formula is C10H16N2. The van der Waals surface area contributed by atoms with Gasteiger partial charge >= 0.3 is 0 Å². The highest BCUT2D eigenvalue weighted by molar-refractivity contribution is 5.19. The van der Waals surface area contributed by atoms with Crippen LogP contribution in [0.3, 0.4) is 0 Å². The highest BCUT2D eigenvalue weighted by Gasteiger charge is 2.53. The molecule has 0 aromatic carbocycles. The van der Waals surface area contributed by atoms with Crippen LogP contribution >= 0.6 is 0 Å². The lowest BCUT2D eigenvalue weighted by Crippen LogP contribution is -2.47. The van der Waals surface area contributed by atoms with Gasteiger partial charge in [0.15, 0.2) is 0 Å². The molecule has 1 fully saturated rings. The molecule has 1 unspecified atom stereocenters. The van der Waals surface area contributed by atoms with Gasteiger partial charge in [-0.1, -0.05) is 13.0 Å². The van der Waals surface area contributed by atoms with Crippen molar-refractivity contribution in [2.75, 3.05) is 6.54 Å². The van der Waals surface area contributed by atoms with E-state index in [-0.39, 0.29) is 11.0 Å². The van der Waals surface area contributed by atoms with Crippen molar-refractivity contribution in [1.82, 2.24) is 5.32 Å². The lowest BCUT2D eigenvalue weighted by Gasteiger charge is -2.29. The first-order valence-corrected chi connectivity index (χ1v) is 4.35. The largest absolute Gasteiger partial charge is 0.296 e. The van der Waals surface area contributed by atoms with Crippen LogP contribution in [0.2, 0.25) is 0 Å². The summed E-state index contributed by atoms with van der Waals surface area (Å²) < 4.78 is 0. The minimum absolute atomic E-state index is 0.185. The molecule has 2 nitrogen and oxygen atoms in total. The van der Waals surface area contributed by atoms with E-state index in [1.54, 1.807) is 6.08 Å². The van der Waals surface area contributed by atoms with Gasteiger partial charge in [0.1, 0.15) is 5.54 Å². The van der Waals surface area contributed by atoms with Crippen LogP contribution in [0.15, 0.2) is 12.7 Å². The summed E-state index contributed by atoms with van der Waals surface area (Å²) in [4.78, 5) is 0. The molecule has 0 aliphatic heterocycles. The average molecular weight is 164 g/mol. The molecule has 0 amide bonds. The van der Waals surface area contributed by atoms with Gasteiger partial charge in [0.05, 0.1) is 6.07 Å². The molecule has 1 N–H and O–H groups in total. The fourth-order valence-corrected chi connectivity index (χ4v) is 1.35. The molecule has 0 spiro atoms. The second-order valence-corrected chi connectivity index (χ2v) is 3.97. The average Bonchev–Trinajstić information content (AvgIpc) is 2.81. The fourth-order valence-electron chi connectivity index (χ4n) is 1.35. The van der Waals surface area contributed by atoms with Crippen molar-refractivity contribution in [3.8, 4) is 6.07 Å². The quantitative estimate of drug-likeness (QED) is 0.643. The molecule has 0 aromatic heterocycles. The van der Waals surface area contributed by atoms with E-state index in [9.17, 15) is 0 Å². The second kappa shape index (κ2) is 2.91. The van der Waals surface area contributed by atoms with E-state index in [1.165, 1.54) is 0 Å². The Hall–Kier alpha value is -0.810. The SMILES string of the molecule is C=CCNC(C)(C#N)C1(C)CC1. The Balaban J connectivity index is 2.63. The van der Waals surface area contributed by atoms with Gasteiger partial charge in [0.2, 0.25) is 0 Å². The van der Waals surface area contributed by atoms with Crippen LogP contribution in [-0.4, -0.2) is 12.1 Å². The standard InChI is InChI=1S/C10H16N2/c1-4-7-12-10(3,8-11)9(2)5-6-9/h4,12H,1,5-7H2,2-3H3. The molecular weight excluding hydrogens is 148 g/mol. The van der Waals surface area contributed by atoms with E-state index in [1.807, 2.05) is 6.92 Å². The first-order chi connectivity index (χ1) is 5.58. The molecule has 0 bridgehead atoms. The van der Waals surface area contributed by atoms with Crippen LogP contribution in [0.25, 0.3) is 0 Å². The van der Waals surface area contributed by atoms with Gasteiger partial charge in [-0.3, -0.25) is 5.32 Å². The van der Waals surface area contributed by atoms with Crippen molar-refractivity contribution in [2.24, 2.45) is 5.41 Å². The number of rotatable bonds is 4. The molecule has 2 heteroatoms. The molecule has 1 rings (SSSR count). The van der Waals surface area contributed by atoms with Crippen molar-refractivity contribution in [3.63, 3.8) is 0 Å². The predicted molar refractivity (Wildman–Crippen MR) is 49.6 cm³/mol. The number of nitrogens with one attached hydrogen (secondary N) is 1. The van der Waals surface area contributed by atoms with E-state index in [4.69, 9.17) is 5.26 Å². The van der Waals surface area contributed by atoms with E-state index < -0.39 is 0 Å². The molecule has 0 heterocycles. The van der Waals surface area contributed by atoms with Gasteiger partial charge in [-0.15, -0.1) is 6.58 Å². The molecule has 1 aliphatic rings. The zero-order chi connectivity index (χ0) is 9.24. The number of nitriles is 1. The minimum Gasteiger partial charge on any atom is -0.296 e. The molecule has 0 aromatic rings. The zero-order valence-corrected chi connectivity index (χ0v) is 7.85. The summed E-state index contributed by atoms with van der Waals surface area (Å²) in [6.07, 6.45) is 4.10. The monoisotopic (exact) mass is 164 g/mol. The van der Waals surface area contributed by atoms with Crippen LogP contribution in [0, 0.1) is 16.7 Å². The van der Waals surface area contributed by atoms with Crippen LogP contribution in [-0.2, 0) is 0 Å². The Labute approximate surface area is 74.3 Å². The van der Waals surface area contributed by atoms with E-state index in [2.05, 4.69) is 24.9 Å². The Morgan fingerprint density at radius 3 is 2.67 bits per heavy atom. The van der Waals surface area contributed by atoms with Crippen LogP contribution in [0.5, 0.6) is 0 Å². The molecule has 1 atom stereocenters. The topological polar surface area (TPSA) is 35.8 Å². The second-order valence-electron chi connectivity index (χ2n) is 3.97. The highest BCUT2D eigenvalue weighted by Crippen LogP contribution is 2.53. The van der Waals surface area contributed by atoms with Crippen LogP contribution in [0.1, 0.15) is 26.7 Å². The summed E-state index contributed by atoms with van der Waals surface area (Å²) >= 11 is 0. The summed E-state index contributed by atoms with van der Waals surface area (Å²) in [6, 6.07) is 2.36. The summed E-state index contributed by atoms with van der Waals surface area (Å²) in [6.45, 7) is 8.47. The van der Waals surface area contributed by atoms with E-state index in [0.717, 1.165) is 12.8 Å². The maximum Gasteiger partial charge on any atom is 0.109 e. The van der Waals surface area contributed by atoms with Crippen molar-refractivity contribution >= 4 is 0 Å². The Bertz CT molecular complexity index is 222. The molecule has 66 valence electrons. The third-order valence-corrected chi connectivity index (χ3v) is 3.03. The van der Waals surface area contributed by atoms with Crippen molar-refractivity contribution in [2.45, 2.75) is 32.2 Å². The minimum atomic E-state index is -0.374. The van der Waals surface area contributed by atoms with Crippen molar-refractivity contribution < 1.29 is 0 Å². The van der Waals surface area contributed by atoms with Gasteiger partial charge in [-0.25, -0.2) is 0 Å². The zero-order valence-electron chi connectivity index (χ0n) is 7.85. The Morgan fingerprint density at radius 2 is 2.33 bits per heavy atom. The Kier molecular flexibility index (Phi) is 2.25. The summed E-state index contributed by atoms with van der Waals surface area (Å²) in [5.41, 5.74) is -0.189. The van der Waals surface area contributed by atoms with Gasteiger partial charge in [0.25, 0.3) is 0 Å². The fraction of sp³-hybridized carbons (Fsp3) is 0.700. The van der Waals surface area contributed by atoms with Gasteiger partial charge < -0.3 is 0 Å². The smallest absolute Gasteiger partial charge is 0.109 e. The van der Waals surface area contributed by atoms with E-state index >= 15 is 0 Å². The summed E-state index contributed by atoms with van der Waals surface area (Å²) in [5, 5.41) is 12.3. The van der Waals surface area contributed by atoms with Gasteiger partial charge in [-0.2, -0.15) is 5.26 Å². The molecule has 12 heavy (non-hydrogen) atoms. The lowest BCUT2D eigenvalue weighted by molar-refractivity contribution is 0.307. The molecule has 0 radical (unpaired) electrons. The van der Waals surface area contributed by atoms with Crippen molar-refractivity contribution in [3.05, 3.63) is 12.7 Å². The normalized spacial score (nSPS) is 23.8. The Morgan fingerprint density at radius 1 is 1.75 bits per heavy atom. The predicted octanol–water partition coefficient (Wildman–Crippen LogP) is 1.84. The number of hydrogen-bond donors (Lipinski definition) is 1. The van der Waals surface area contributed by atoms with Gasteiger partial charge in [-0.05, 0) is 25.2 Å².